The number of rotatable bonds is 1. The van der Waals surface area contributed by atoms with Crippen LogP contribution in [-0.4, -0.2) is 17.9 Å². The van der Waals surface area contributed by atoms with Crippen molar-refractivity contribution in [3.8, 4) is 0 Å². The van der Waals surface area contributed by atoms with Gasteiger partial charge in [0.15, 0.2) is 0 Å². The van der Waals surface area contributed by atoms with Crippen LogP contribution in [-0.2, 0) is 9.53 Å². The number of hydrazone groups is 1. The molecule has 0 fully saturated rings. The van der Waals surface area contributed by atoms with E-state index in [-0.39, 0.29) is 12.0 Å². The van der Waals surface area contributed by atoms with E-state index < -0.39 is 0 Å². The maximum atomic E-state index is 11.2. The van der Waals surface area contributed by atoms with Gasteiger partial charge in [-0.3, -0.25) is 5.43 Å². The average Bonchev–Trinajstić information content (AvgIpc) is 2.23. The third-order valence-electron chi connectivity index (χ3n) is 1.93. The summed E-state index contributed by atoms with van der Waals surface area (Å²) in [5.74, 6) is 0.0209. The standard InChI is InChI=1S/C10H10N2O2/c1-7-10(13)14-9(12-11-7)8-5-3-2-4-6-8/h2-7,11H,1H3. The van der Waals surface area contributed by atoms with Crippen molar-refractivity contribution in [2.75, 3.05) is 0 Å². The minimum Gasteiger partial charge on any atom is -0.404 e. The fourth-order valence-corrected chi connectivity index (χ4v) is 1.12. The number of ether oxygens (including phenoxy) is 1. The fraction of sp³-hybridized carbons (Fsp3) is 0.200. The monoisotopic (exact) mass is 190 g/mol. The quantitative estimate of drug-likeness (QED) is 0.669. The summed E-state index contributed by atoms with van der Waals surface area (Å²) in [7, 11) is 0. The molecule has 1 atom stereocenters. The number of esters is 1. The Bertz CT molecular complexity index is 373. The highest BCUT2D eigenvalue weighted by Gasteiger charge is 2.22. The zero-order valence-electron chi connectivity index (χ0n) is 7.73. The summed E-state index contributed by atoms with van der Waals surface area (Å²) in [6, 6.07) is 8.92. The molecule has 2 rings (SSSR count). The minimum absolute atomic E-state index is 0.307. The van der Waals surface area contributed by atoms with Crippen LogP contribution >= 0.6 is 0 Å². The van der Waals surface area contributed by atoms with Crippen LogP contribution in [0.3, 0.4) is 0 Å². The van der Waals surface area contributed by atoms with Crippen molar-refractivity contribution in [1.29, 1.82) is 0 Å². The molecule has 14 heavy (non-hydrogen) atoms. The molecule has 0 radical (unpaired) electrons. The molecule has 0 amide bonds. The highest BCUT2D eigenvalue weighted by molar-refractivity contribution is 6.02. The van der Waals surface area contributed by atoms with E-state index in [2.05, 4.69) is 10.5 Å². The fourth-order valence-electron chi connectivity index (χ4n) is 1.12. The van der Waals surface area contributed by atoms with E-state index in [1.54, 1.807) is 6.92 Å². The lowest BCUT2D eigenvalue weighted by molar-refractivity contribution is -0.138. The van der Waals surface area contributed by atoms with Gasteiger partial charge in [-0.15, -0.1) is 5.10 Å². The second-order valence-corrected chi connectivity index (χ2v) is 3.05. The van der Waals surface area contributed by atoms with E-state index in [1.807, 2.05) is 30.3 Å². The van der Waals surface area contributed by atoms with Crippen LogP contribution in [0.25, 0.3) is 0 Å². The molecule has 1 N–H and O–H groups in total. The Hall–Kier alpha value is -1.84. The van der Waals surface area contributed by atoms with E-state index >= 15 is 0 Å². The first-order valence-corrected chi connectivity index (χ1v) is 4.37. The Morgan fingerprint density at radius 2 is 2.07 bits per heavy atom. The highest BCUT2D eigenvalue weighted by atomic mass is 16.5. The van der Waals surface area contributed by atoms with E-state index in [0.29, 0.717) is 5.90 Å². The number of hydrogen-bond donors (Lipinski definition) is 1. The van der Waals surface area contributed by atoms with Crippen molar-refractivity contribution in [3.63, 3.8) is 0 Å². The summed E-state index contributed by atoms with van der Waals surface area (Å²) < 4.78 is 5.03. The van der Waals surface area contributed by atoms with Gasteiger partial charge in [0.25, 0.3) is 0 Å². The number of cyclic esters (lactones) is 1. The van der Waals surface area contributed by atoms with Gasteiger partial charge in [-0.25, -0.2) is 4.79 Å². The van der Waals surface area contributed by atoms with Crippen molar-refractivity contribution >= 4 is 11.9 Å². The van der Waals surface area contributed by atoms with Gasteiger partial charge in [0.1, 0.15) is 6.04 Å². The first-order valence-electron chi connectivity index (χ1n) is 4.37. The van der Waals surface area contributed by atoms with Gasteiger partial charge < -0.3 is 4.74 Å². The second-order valence-electron chi connectivity index (χ2n) is 3.05. The van der Waals surface area contributed by atoms with Gasteiger partial charge >= 0.3 is 5.97 Å². The Balaban J connectivity index is 2.25. The molecule has 1 aromatic rings. The van der Waals surface area contributed by atoms with Crippen molar-refractivity contribution < 1.29 is 9.53 Å². The number of nitrogens with one attached hydrogen (secondary N) is 1. The van der Waals surface area contributed by atoms with Crippen LogP contribution < -0.4 is 5.43 Å². The highest BCUT2D eigenvalue weighted by Crippen LogP contribution is 2.06. The van der Waals surface area contributed by atoms with Crippen molar-refractivity contribution in [2.24, 2.45) is 5.10 Å². The van der Waals surface area contributed by atoms with Crippen LogP contribution in [0, 0.1) is 0 Å². The molecule has 4 heteroatoms. The van der Waals surface area contributed by atoms with Crippen molar-refractivity contribution in [3.05, 3.63) is 35.9 Å². The lowest BCUT2D eigenvalue weighted by Gasteiger charge is -2.17. The summed E-state index contributed by atoms with van der Waals surface area (Å²) in [4.78, 5) is 11.2. The SMILES string of the molecule is CC1NN=C(c2ccccc2)OC1=O. The van der Waals surface area contributed by atoms with Gasteiger partial charge in [0.2, 0.25) is 5.90 Å². The molecule has 1 aromatic carbocycles. The molecular formula is C10H10N2O2. The third kappa shape index (κ3) is 1.59. The average molecular weight is 190 g/mol. The predicted octanol–water partition coefficient (Wildman–Crippen LogP) is 0.883. The summed E-state index contributed by atoms with van der Waals surface area (Å²) in [6.07, 6.45) is 0. The van der Waals surface area contributed by atoms with Gasteiger partial charge in [-0.2, -0.15) is 0 Å². The molecule has 72 valence electrons. The van der Waals surface area contributed by atoms with Crippen LogP contribution in [0.4, 0.5) is 0 Å². The lowest BCUT2D eigenvalue weighted by Crippen LogP contribution is -2.39. The van der Waals surface area contributed by atoms with Gasteiger partial charge in [-0.1, -0.05) is 18.2 Å². The molecule has 0 aromatic heterocycles. The molecule has 0 bridgehead atoms. The molecule has 4 nitrogen and oxygen atoms in total. The lowest BCUT2D eigenvalue weighted by atomic mass is 10.2. The number of benzene rings is 1. The molecule has 0 aliphatic carbocycles. The normalized spacial score (nSPS) is 20.8. The van der Waals surface area contributed by atoms with E-state index in [1.165, 1.54) is 0 Å². The van der Waals surface area contributed by atoms with E-state index in [4.69, 9.17) is 4.74 Å². The molecule has 0 saturated heterocycles. The smallest absolute Gasteiger partial charge is 0.336 e. The Morgan fingerprint density at radius 1 is 1.36 bits per heavy atom. The Kier molecular flexibility index (Phi) is 2.18. The van der Waals surface area contributed by atoms with Crippen LogP contribution in [0.15, 0.2) is 35.4 Å². The number of carbonyl (C=O) groups excluding carboxylic acids is 1. The van der Waals surface area contributed by atoms with E-state index in [0.717, 1.165) is 5.56 Å². The Morgan fingerprint density at radius 3 is 2.71 bits per heavy atom. The van der Waals surface area contributed by atoms with Gasteiger partial charge in [0.05, 0.1) is 0 Å². The van der Waals surface area contributed by atoms with Gasteiger partial charge in [0, 0.05) is 5.56 Å². The Labute approximate surface area is 81.6 Å². The second kappa shape index (κ2) is 3.49. The number of hydrogen-bond acceptors (Lipinski definition) is 4. The summed E-state index contributed by atoms with van der Waals surface area (Å²) in [5, 5.41) is 3.95. The van der Waals surface area contributed by atoms with Crippen LogP contribution in [0.2, 0.25) is 0 Å². The first kappa shape index (κ1) is 8.74. The third-order valence-corrected chi connectivity index (χ3v) is 1.93. The predicted molar refractivity (Wildman–Crippen MR) is 51.7 cm³/mol. The zero-order valence-corrected chi connectivity index (χ0v) is 7.73. The summed E-state index contributed by atoms with van der Waals surface area (Å²) in [5.41, 5.74) is 3.49. The molecule has 1 aliphatic heterocycles. The summed E-state index contributed by atoms with van der Waals surface area (Å²) >= 11 is 0. The van der Waals surface area contributed by atoms with E-state index in [9.17, 15) is 4.79 Å². The topological polar surface area (TPSA) is 50.7 Å². The maximum Gasteiger partial charge on any atom is 0.336 e. The number of nitrogens with zero attached hydrogens (tertiary/aromatic N) is 1. The van der Waals surface area contributed by atoms with Crippen LogP contribution in [0.5, 0.6) is 0 Å². The minimum atomic E-state index is -0.373. The zero-order chi connectivity index (χ0) is 9.97. The largest absolute Gasteiger partial charge is 0.404 e. The molecular weight excluding hydrogens is 180 g/mol. The summed E-state index contributed by atoms with van der Waals surface area (Å²) in [6.45, 7) is 1.70. The van der Waals surface area contributed by atoms with Gasteiger partial charge in [-0.05, 0) is 19.1 Å². The van der Waals surface area contributed by atoms with Crippen molar-refractivity contribution in [1.82, 2.24) is 5.43 Å². The molecule has 1 aliphatic rings. The molecule has 0 spiro atoms. The first-order chi connectivity index (χ1) is 6.77. The molecule has 0 saturated carbocycles. The molecule has 1 unspecified atom stereocenters. The number of carbonyl (C=O) groups is 1. The van der Waals surface area contributed by atoms with Crippen molar-refractivity contribution in [2.45, 2.75) is 13.0 Å². The van der Waals surface area contributed by atoms with Crippen LogP contribution in [0.1, 0.15) is 12.5 Å². The maximum absolute atomic E-state index is 11.2. The molecule has 1 heterocycles.